The summed E-state index contributed by atoms with van der Waals surface area (Å²) in [7, 11) is 3.87. The number of aromatic nitrogens is 8. The first-order chi connectivity index (χ1) is 18.0. The standard InChI is InChI=1S/C26H23FN10/c1-37(2)12-20(28)15-5-14(6-17(27)7-15)18-3-4-31-25-23(18)33-26(34-25)24-19-8-21(16-9-29-13-30-10-16)32-11-22(19)35-36-24/h3-11,13,20H,12,28H2,1-2H3,(H,35,36)(H,31,33,34). The van der Waals surface area contributed by atoms with Crippen molar-refractivity contribution >= 4 is 22.1 Å². The Hall–Kier alpha value is -4.61. The summed E-state index contributed by atoms with van der Waals surface area (Å²) in [6.07, 6.45) is 8.26. The summed E-state index contributed by atoms with van der Waals surface area (Å²) in [5.41, 5.74) is 12.6. The van der Waals surface area contributed by atoms with Gasteiger partial charge in [-0.05, 0) is 55.6 Å². The molecule has 0 aliphatic carbocycles. The van der Waals surface area contributed by atoms with Crippen LogP contribution in [0.4, 0.5) is 4.39 Å². The summed E-state index contributed by atoms with van der Waals surface area (Å²) >= 11 is 0. The van der Waals surface area contributed by atoms with E-state index in [1.165, 1.54) is 18.5 Å². The number of halogens is 1. The van der Waals surface area contributed by atoms with Gasteiger partial charge in [0, 0.05) is 47.7 Å². The largest absolute Gasteiger partial charge is 0.335 e. The maximum absolute atomic E-state index is 14.7. The average molecular weight is 495 g/mol. The summed E-state index contributed by atoms with van der Waals surface area (Å²) in [5, 5.41) is 8.32. The Bertz CT molecular complexity index is 1720. The number of hydrogen-bond acceptors (Lipinski definition) is 8. The highest BCUT2D eigenvalue weighted by molar-refractivity contribution is 5.96. The van der Waals surface area contributed by atoms with E-state index >= 15 is 0 Å². The maximum atomic E-state index is 14.7. The minimum absolute atomic E-state index is 0.327. The molecule has 0 amide bonds. The lowest BCUT2D eigenvalue weighted by molar-refractivity contribution is 0.376. The Morgan fingerprint density at radius 2 is 1.86 bits per heavy atom. The van der Waals surface area contributed by atoms with E-state index in [-0.39, 0.29) is 11.9 Å². The van der Waals surface area contributed by atoms with Gasteiger partial charge >= 0.3 is 0 Å². The minimum atomic E-state index is -0.352. The molecule has 1 unspecified atom stereocenters. The molecule has 10 nitrogen and oxygen atoms in total. The maximum Gasteiger partial charge on any atom is 0.178 e. The van der Waals surface area contributed by atoms with Crippen molar-refractivity contribution in [2.45, 2.75) is 6.04 Å². The third-order valence-corrected chi connectivity index (χ3v) is 6.14. The highest BCUT2D eigenvalue weighted by Crippen LogP contribution is 2.33. The second-order valence-electron chi connectivity index (χ2n) is 9.10. The number of pyridine rings is 2. The average Bonchev–Trinajstić information content (AvgIpc) is 3.52. The van der Waals surface area contributed by atoms with Crippen LogP contribution in [0.3, 0.4) is 0 Å². The van der Waals surface area contributed by atoms with Crippen LogP contribution < -0.4 is 5.73 Å². The summed E-state index contributed by atoms with van der Waals surface area (Å²) in [6.45, 7) is 0.598. The Labute approximate surface area is 210 Å². The number of fused-ring (bicyclic) bond motifs is 2. The molecule has 0 bridgehead atoms. The number of nitrogens with two attached hydrogens (primary N) is 1. The van der Waals surface area contributed by atoms with E-state index in [0.29, 0.717) is 40.5 Å². The van der Waals surface area contributed by atoms with Gasteiger partial charge in [0.25, 0.3) is 0 Å². The van der Waals surface area contributed by atoms with Crippen molar-refractivity contribution in [3.05, 3.63) is 72.8 Å². The van der Waals surface area contributed by atoms with Crippen LogP contribution in [-0.2, 0) is 0 Å². The van der Waals surface area contributed by atoms with Gasteiger partial charge in [0.1, 0.15) is 17.8 Å². The fourth-order valence-corrected chi connectivity index (χ4v) is 4.43. The van der Waals surface area contributed by atoms with Crippen LogP contribution >= 0.6 is 0 Å². The van der Waals surface area contributed by atoms with Gasteiger partial charge in [0.05, 0.1) is 22.9 Å². The topological polar surface area (TPSA) is 138 Å². The highest BCUT2D eigenvalue weighted by Gasteiger charge is 2.18. The number of H-pyrrole nitrogens is 2. The summed E-state index contributed by atoms with van der Waals surface area (Å²) < 4.78 is 14.7. The van der Waals surface area contributed by atoms with Crippen LogP contribution in [-0.4, -0.2) is 65.6 Å². The third kappa shape index (κ3) is 4.30. The zero-order valence-electron chi connectivity index (χ0n) is 20.1. The van der Waals surface area contributed by atoms with Gasteiger partial charge in [-0.15, -0.1) is 0 Å². The molecule has 37 heavy (non-hydrogen) atoms. The lowest BCUT2D eigenvalue weighted by atomic mass is 9.99. The van der Waals surface area contributed by atoms with E-state index in [4.69, 9.17) is 10.7 Å². The highest BCUT2D eigenvalue weighted by atomic mass is 19.1. The predicted octanol–water partition coefficient (Wildman–Crippen LogP) is 3.72. The molecule has 0 fully saturated rings. The number of rotatable bonds is 6. The number of likely N-dealkylation sites (N-methyl/N-ethyl adjacent to an activating group) is 1. The number of hydrogen-bond donors (Lipinski definition) is 3. The lowest BCUT2D eigenvalue weighted by Gasteiger charge is -2.18. The molecule has 5 heterocycles. The molecule has 11 heteroatoms. The van der Waals surface area contributed by atoms with Gasteiger partial charge in [0.2, 0.25) is 0 Å². The summed E-state index contributed by atoms with van der Waals surface area (Å²) in [4.78, 5) is 27.1. The van der Waals surface area contributed by atoms with Gasteiger partial charge in [-0.1, -0.05) is 0 Å². The zero-order chi connectivity index (χ0) is 25.5. The first kappa shape index (κ1) is 22.8. The zero-order valence-corrected chi connectivity index (χ0v) is 20.1. The molecule has 5 aromatic heterocycles. The predicted molar refractivity (Wildman–Crippen MR) is 139 cm³/mol. The van der Waals surface area contributed by atoms with Crippen molar-refractivity contribution in [1.82, 2.24) is 45.0 Å². The second-order valence-corrected chi connectivity index (χ2v) is 9.10. The molecule has 6 rings (SSSR count). The third-order valence-electron chi connectivity index (χ3n) is 6.14. The van der Waals surface area contributed by atoms with Crippen molar-refractivity contribution in [2.75, 3.05) is 20.6 Å². The number of nitrogens with one attached hydrogen (secondary N) is 2. The van der Waals surface area contributed by atoms with Crippen molar-refractivity contribution in [3.8, 4) is 33.9 Å². The Morgan fingerprint density at radius 1 is 1.03 bits per heavy atom. The van der Waals surface area contributed by atoms with Crippen LogP contribution in [0.5, 0.6) is 0 Å². The molecule has 4 N–H and O–H groups in total. The van der Waals surface area contributed by atoms with E-state index < -0.39 is 0 Å². The van der Waals surface area contributed by atoms with Crippen molar-refractivity contribution in [1.29, 1.82) is 0 Å². The second kappa shape index (κ2) is 9.12. The van der Waals surface area contributed by atoms with E-state index in [9.17, 15) is 4.39 Å². The summed E-state index contributed by atoms with van der Waals surface area (Å²) in [5.74, 6) is 0.179. The fourth-order valence-electron chi connectivity index (χ4n) is 4.43. The number of imidazole rings is 1. The van der Waals surface area contributed by atoms with Gasteiger partial charge in [-0.3, -0.25) is 10.1 Å². The van der Waals surface area contributed by atoms with Gasteiger partial charge in [-0.25, -0.2) is 24.3 Å². The fraction of sp³-hybridized carbons (Fsp3) is 0.154. The SMILES string of the molecule is CN(C)CC(N)c1cc(F)cc(-c2ccnc3nc(-c4n[nH]c5cnc(-c6cncnc6)cc45)[nH]c23)c1. The van der Waals surface area contributed by atoms with E-state index in [0.717, 1.165) is 27.6 Å². The molecular formula is C26H23FN10. The van der Waals surface area contributed by atoms with Crippen LogP contribution in [0.25, 0.3) is 56.0 Å². The molecule has 184 valence electrons. The molecule has 1 atom stereocenters. The molecule has 1 aromatic carbocycles. The Balaban J connectivity index is 1.45. The first-order valence-electron chi connectivity index (χ1n) is 11.6. The molecule has 0 aliphatic rings. The van der Waals surface area contributed by atoms with Crippen molar-refractivity contribution < 1.29 is 4.39 Å². The van der Waals surface area contributed by atoms with Gasteiger partial charge in [-0.2, -0.15) is 5.10 Å². The van der Waals surface area contributed by atoms with Crippen LogP contribution in [0.2, 0.25) is 0 Å². The summed E-state index contributed by atoms with van der Waals surface area (Å²) in [6, 6.07) is 8.31. The van der Waals surface area contributed by atoms with Crippen molar-refractivity contribution in [2.24, 2.45) is 5.73 Å². The van der Waals surface area contributed by atoms with Crippen molar-refractivity contribution in [3.63, 3.8) is 0 Å². The number of benzene rings is 1. The number of aromatic amines is 2. The molecule has 0 aliphatic heterocycles. The number of nitrogens with zero attached hydrogens (tertiary/aromatic N) is 7. The van der Waals surface area contributed by atoms with Gasteiger partial charge < -0.3 is 15.6 Å². The van der Waals surface area contributed by atoms with Crippen LogP contribution in [0.15, 0.2) is 61.4 Å². The minimum Gasteiger partial charge on any atom is -0.335 e. The molecule has 0 saturated heterocycles. The molecule has 0 radical (unpaired) electrons. The quantitative estimate of drug-likeness (QED) is 0.318. The normalized spacial score (nSPS) is 12.6. The van der Waals surface area contributed by atoms with Crippen LogP contribution in [0, 0.1) is 5.82 Å². The van der Waals surface area contributed by atoms with E-state index in [1.807, 2.05) is 37.2 Å². The Kier molecular flexibility index (Phi) is 5.63. The van der Waals surface area contributed by atoms with E-state index in [2.05, 4.69) is 35.1 Å². The molecule has 6 aromatic rings. The smallest absolute Gasteiger partial charge is 0.178 e. The van der Waals surface area contributed by atoms with Gasteiger partial charge in [0.15, 0.2) is 11.5 Å². The molecule has 0 saturated carbocycles. The monoisotopic (exact) mass is 494 g/mol. The first-order valence-corrected chi connectivity index (χ1v) is 11.6. The molecule has 0 spiro atoms. The van der Waals surface area contributed by atoms with E-state index in [1.54, 1.807) is 24.8 Å². The van der Waals surface area contributed by atoms with Crippen LogP contribution in [0.1, 0.15) is 11.6 Å². The lowest BCUT2D eigenvalue weighted by Crippen LogP contribution is -2.26. The molecular weight excluding hydrogens is 471 g/mol. The Morgan fingerprint density at radius 3 is 2.68 bits per heavy atom.